The highest BCUT2D eigenvalue weighted by Crippen LogP contribution is 2.42. The molecular weight excluding hydrogens is 402 g/mol. The molecule has 0 spiro atoms. The summed E-state index contributed by atoms with van der Waals surface area (Å²) in [5.41, 5.74) is -0.584. The monoisotopic (exact) mass is 418 g/mol. The number of aromatic hydroxyl groups is 1. The predicted octanol–water partition coefficient (Wildman–Crippen LogP) is 3.60. The Bertz CT molecular complexity index is 1100. The minimum Gasteiger partial charge on any atom is -0.507 e. The Hall–Kier alpha value is -3.00. The smallest absolute Gasteiger partial charge is 0.219 e. The van der Waals surface area contributed by atoms with Gasteiger partial charge in [-0.15, -0.1) is 0 Å². The van der Waals surface area contributed by atoms with Gasteiger partial charge in [0.05, 0.1) is 10.6 Å². The second-order valence-corrected chi connectivity index (χ2v) is 7.18. The van der Waals surface area contributed by atoms with Crippen LogP contribution in [-0.4, -0.2) is 52.1 Å². The zero-order chi connectivity index (χ0) is 20.7. The van der Waals surface area contributed by atoms with Gasteiger partial charge in [0.15, 0.2) is 5.82 Å². The van der Waals surface area contributed by atoms with Crippen molar-refractivity contribution in [2.45, 2.75) is 6.92 Å². The maximum absolute atomic E-state index is 15.4. The van der Waals surface area contributed by atoms with E-state index in [0.717, 1.165) is 6.07 Å². The van der Waals surface area contributed by atoms with E-state index in [-0.39, 0.29) is 27.6 Å². The number of carbonyl (C=O) groups is 1. The number of carbonyl (C=O) groups excluding carboxylic acids is 1. The van der Waals surface area contributed by atoms with Crippen LogP contribution in [0.4, 0.5) is 14.6 Å². The van der Waals surface area contributed by atoms with Crippen molar-refractivity contribution < 1.29 is 18.7 Å². The fraction of sp³-hybridized carbons (Fsp3) is 0.250. The highest BCUT2D eigenvalue weighted by atomic mass is 35.5. The summed E-state index contributed by atoms with van der Waals surface area (Å²) in [5.74, 6) is -1.55. The van der Waals surface area contributed by atoms with E-state index in [9.17, 15) is 14.3 Å². The van der Waals surface area contributed by atoms with Crippen LogP contribution in [0.2, 0.25) is 5.02 Å². The topological polar surface area (TPSA) is 69.6 Å². The minimum absolute atomic E-state index is 0.000576. The molecule has 6 nitrogen and oxygen atoms in total. The molecule has 1 aliphatic rings. The molecule has 3 aromatic rings. The van der Waals surface area contributed by atoms with Gasteiger partial charge in [0.25, 0.3) is 0 Å². The molecule has 0 bridgehead atoms. The molecule has 29 heavy (non-hydrogen) atoms. The first-order chi connectivity index (χ1) is 13.9. The van der Waals surface area contributed by atoms with Crippen LogP contribution in [0, 0.1) is 11.6 Å². The fourth-order valence-electron chi connectivity index (χ4n) is 3.59. The van der Waals surface area contributed by atoms with Gasteiger partial charge in [0.1, 0.15) is 29.2 Å². The van der Waals surface area contributed by atoms with Gasteiger partial charge in [-0.05, 0) is 18.2 Å². The van der Waals surface area contributed by atoms with E-state index in [2.05, 4.69) is 9.97 Å². The van der Waals surface area contributed by atoms with E-state index >= 15 is 4.39 Å². The quantitative estimate of drug-likeness (QED) is 0.688. The van der Waals surface area contributed by atoms with E-state index < -0.39 is 17.4 Å². The maximum atomic E-state index is 15.4. The average molecular weight is 419 g/mol. The average Bonchev–Trinajstić information content (AvgIpc) is 2.70. The Kier molecular flexibility index (Phi) is 4.96. The van der Waals surface area contributed by atoms with Crippen molar-refractivity contribution in [3.63, 3.8) is 0 Å². The molecule has 1 saturated heterocycles. The van der Waals surface area contributed by atoms with Crippen LogP contribution in [0.15, 0.2) is 30.6 Å². The van der Waals surface area contributed by atoms with Gasteiger partial charge in [0.2, 0.25) is 5.91 Å². The maximum Gasteiger partial charge on any atom is 0.219 e. The van der Waals surface area contributed by atoms with Crippen molar-refractivity contribution in [1.29, 1.82) is 0 Å². The summed E-state index contributed by atoms with van der Waals surface area (Å²) in [6, 6.07) is 5.18. The van der Waals surface area contributed by atoms with Crippen LogP contribution in [0.25, 0.3) is 22.0 Å². The molecule has 1 amide bonds. The number of halogens is 3. The number of hydrogen-bond donors (Lipinski definition) is 1. The molecule has 4 rings (SSSR count). The summed E-state index contributed by atoms with van der Waals surface area (Å²) in [5, 5.41) is 10.4. The Morgan fingerprint density at radius 3 is 2.52 bits per heavy atom. The lowest BCUT2D eigenvalue weighted by atomic mass is 10.0. The lowest BCUT2D eigenvalue weighted by molar-refractivity contribution is -0.129. The molecule has 1 fully saturated rings. The van der Waals surface area contributed by atoms with E-state index in [1.807, 2.05) is 4.90 Å². The van der Waals surface area contributed by atoms with E-state index in [1.165, 1.54) is 31.5 Å². The van der Waals surface area contributed by atoms with Crippen LogP contribution in [0.5, 0.6) is 5.75 Å². The molecule has 0 saturated carbocycles. The van der Waals surface area contributed by atoms with Crippen molar-refractivity contribution in [3.8, 4) is 16.9 Å². The summed E-state index contributed by atoms with van der Waals surface area (Å²) in [6.45, 7) is 3.63. The van der Waals surface area contributed by atoms with Crippen molar-refractivity contribution in [3.05, 3.63) is 47.2 Å². The number of benzene rings is 2. The zero-order valence-corrected chi connectivity index (χ0v) is 16.2. The first-order valence-corrected chi connectivity index (χ1v) is 9.37. The summed E-state index contributed by atoms with van der Waals surface area (Å²) < 4.78 is 29.7. The van der Waals surface area contributed by atoms with Crippen molar-refractivity contribution in [1.82, 2.24) is 14.9 Å². The second kappa shape index (κ2) is 7.44. The Balaban J connectivity index is 1.83. The normalized spacial score (nSPS) is 14.5. The van der Waals surface area contributed by atoms with Gasteiger partial charge in [-0.1, -0.05) is 17.7 Å². The zero-order valence-electron chi connectivity index (χ0n) is 15.5. The third-order valence-corrected chi connectivity index (χ3v) is 5.36. The van der Waals surface area contributed by atoms with Gasteiger partial charge in [0, 0.05) is 44.1 Å². The Morgan fingerprint density at radius 2 is 1.86 bits per heavy atom. The van der Waals surface area contributed by atoms with Crippen LogP contribution >= 0.6 is 11.6 Å². The van der Waals surface area contributed by atoms with Crippen molar-refractivity contribution >= 4 is 34.2 Å². The molecule has 9 heteroatoms. The summed E-state index contributed by atoms with van der Waals surface area (Å²) in [7, 11) is 0. The van der Waals surface area contributed by atoms with Gasteiger partial charge < -0.3 is 14.9 Å². The molecule has 0 radical (unpaired) electrons. The summed E-state index contributed by atoms with van der Waals surface area (Å²) >= 11 is 6.32. The predicted molar refractivity (Wildman–Crippen MR) is 106 cm³/mol. The lowest BCUT2D eigenvalue weighted by Crippen LogP contribution is -2.48. The van der Waals surface area contributed by atoms with Crippen LogP contribution in [-0.2, 0) is 4.79 Å². The van der Waals surface area contributed by atoms with Gasteiger partial charge in [-0.3, -0.25) is 4.79 Å². The number of phenols is 1. The standard InChI is InChI=1S/C20H17ClF2N4O2/c1-11(28)26-5-7-27(8-6-26)20-12-9-13(21)16(18(23)19(12)24-10-25-20)17-14(22)3-2-4-15(17)29/h2-4,9-10,29H,5-8H2,1H3. The molecule has 2 aromatic carbocycles. The molecule has 1 N–H and O–H groups in total. The van der Waals surface area contributed by atoms with Gasteiger partial charge in [-0.25, -0.2) is 18.7 Å². The number of anilines is 1. The van der Waals surface area contributed by atoms with Crippen LogP contribution < -0.4 is 4.90 Å². The number of nitrogens with zero attached hydrogens (tertiary/aromatic N) is 4. The Labute approximate surface area is 170 Å². The lowest BCUT2D eigenvalue weighted by Gasteiger charge is -2.35. The summed E-state index contributed by atoms with van der Waals surface area (Å²) in [4.78, 5) is 23.5. The molecular formula is C20H17ClF2N4O2. The molecule has 2 heterocycles. The largest absolute Gasteiger partial charge is 0.507 e. The van der Waals surface area contributed by atoms with E-state index in [4.69, 9.17) is 11.6 Å². The molecule has 0 atom stereocenters. The Morgan fingerprint density at radius 1 is 1.14 bits per heavy atom. The van der Waals surface area contributed by atoms with Crippen molar-refractivity contribution in [2.75, 3.05) is 31.1 Å². The van der Waals surface area contributed by atoms with E-state index in [0.29, 0.717) is 37.4 Å². The highest BCUT2D eigenvalue weighted by molar-refractivity contribution is 6.34. The SMILES string of the molecule is CC(=O)N1CCN(c2ncnc3c(F)c(-c4c(O)cccc4F)c(Cl)cc23)CC1. The van der Waals surface area contributed by atoms with Gasteiger partial charge >= 0.3 is 0 Å². The van der Waals surface area contributed by atoms with Crippen molar-refractivity contribution in [2.24, 2.45) is 0 Å². The van der Waals surface area contributed by atoms with Gasteiger partial charge in [-0.2, -0.15) is 0 Å². The first kappa shape index (κ1) is 19.3. The first-order valence-electron chi connectivity index (χ1n) is 8.99. The number of phenolic OH excluding ortho intramolecular Hbond substituents is 1. The summed E-state index contributed by atoms with van der Waals surface area (Å²) in [6.07, 6.45) is 1.23. The number of rotatable bonds is 2. The van der Waals surface area contributed by atoms with Crippen LogP contribution in [0.1, 0.15) is 6.92 Å². The molecule has 1 aliphatic heterocycles. The fourth-order valence-corrected chi connectivity index (χ4v) is 3.88. The molecule has 1 aromatic heterocycles. The third-order valence-electron chi connectivity index (χ3n) is 5.07. The number of fused-ring (bicyclic) bond motifs is 1. The minimum atomic E-state index is -0.834. The second-order valence-electron chi connectivity index (χ2n) is 6.77. The molecule has 0 aliphatic carbocycles. The number of amides is 1. The van der Waals surface area contributed by atoms with E-state index in [1.54, 1.807) is 4.90 Å². The molecule has 150 valence electrons. The highest BCUT2D eigenvalue weighted by Gasteiger charge is 2.25. The number of hydrogen-bond acceptors (Lipinski definition) is 5. The van der Waals surface area contributed by atoms with Crippen LogP contribution in [0.3, 0.4) is 0 Å². The third kappa shape index (κ3) is 3.33. The number of piperazine rings is 1. The molecule has 0 unspecified atom stereocenters. The number of aromatic nitrogens is 2.